The lowest BCUT2D eigenvalue weighted by Gasteiger charge is -2.16. The number of rotatable bonds is 5. The molecular weight excluding hydrogens is 446 g/mol. The monoisotopic (exact) mass is 467 g/mol. The van der Waals surface area contributed by atoms with Crippen molar-refractivity contribution in [3.8, 4) is 29.2 Å². The Balaban J connectivity index is 1.70. The van der Waals surface area contributed by atoms with E-state index in [1.54, 1.807) is 24.4 Å². The van der Waals surface area contributed by atoms with Crippen molar-refractivity contribution in [2.24, 2.45) is 0 Å². The number of fused-ring (bicyclic) bond motifs is 1. The van der Waals surface area contributed by atoms with Gasteiger partial charge in [-0.2, -0.15) is 15.5 Å². The van der Waals surface area contributed by atoms with Crippen molar-refractivity contribution in [1.82, 2.24) is 19.5 Å². The lowest BCUT2D eigenvalue weighted by Crippen LogP contribution is -2.05. The topological polar surface area (TPSA) is 103 Å². The summed E-state index contributed by atoms with van der Waals surface area (Å²) in [6.07, 6.45) is 4.99. The molecule has 0 fully saturated rings. The van der Waals surface area contributed by atoms with Crippen LogP contribution in [0, 0.1) is 36.5 Å². The number of hydrogen-bond donors (Lipinski definition) is 1. The highest BCUT2D eigenvalue weighted by Gasteiger charge is 2.19. The van der Waals surface area contributed by atoms with E-state index in [2.05, 4.69) is 20.9 Å². The van der Waals surface area contributed by atoms with E-state index in [0.717, 1.165) is 39.5 Å². The second-order valence-corrected chi connectivity index (χ2v) is 8.32. The smallest absolute Gasteiger partial charge is 0.229 e. The Bertz CT molecular complexity index is 1660. The summed E-state index contributed by atoms with van der Waals surface area (Å²) in [5, 5.41) is 21.2. The Labute approximate surface area is 208 Å². The quantitative estimate of drug-likeness (QED) is 0.306. The zero-order valence-corrected chi connectivity index (χ0v) is 19.8. The Hall–Kier alpha value is -5.27. The van der Waals surface area contributed by atoms with Crippen LogP contribution in [0.1, 0.15) is 22.3 Å². The molecule has 0 bridgehead atoms. The first kappa shape index (κ1) is 22.5. The zero-order chi connectivity index (χ0) is 25.1. The van der Waals surface area contributed by atoms with Gasteiger partial charge in [0.25, 0.3) is 0 Å². The van der Waals surface area contributed by atoms with Crippen LogP contribution in [0.5, 0.6) is 0 Å². The van der Waals surface area contributed by atoms with Gasteiger partial charge in [-0.15, -0.1) is 0 Å². The van der Waals surface area contributed by atoms with Crippen molar-refractivity contribution >= 4 is 28.9 Å². The molecule has 3 aromatic carbocycles. The number of nitriles is 2. The summed E-state index contributed by atoms with van der Waals surface area (Å²) in [6.45, 7) is 4.09. The minimum atomic E-state index is 0.428. The molecule has 7 nitrogen and oxygen atoms in total. The Morgan fingerprint density at radius 1 is 0.917 bits per heavy atom. The Morgan fingerprint density at radius 2 is 1.64 bits per heavy atom. The third kappa shape index (κ3) is 4.29. The number of aryl methyl sites for hydroxylation is 2. The maximum absolute atomic E-state index is 9.05. The molecular formula is C29H21N7. The molecule has 0 aliphatic heterocycles. The predicted octanol–water partition coefficient (Wildman–Crippen LogP) is 6.25. The van der Waals surface area contributed by atoms with Crippen molar-refractivity contribution in [2.75, 3.05) is 5.32 Å². The van der Waals surface area contributed by atoms with Crippen LogP contribution in [-0.2, 0) is 0 Å². The average molecular weight is 468 g/mol. The van der Waals surface area contributed by atoms with Gasteiger partial charge in [-0.05, 0) is 73.0 Å². The number of nitrogens with one attached hydrogen (secondary N) is 1. The number of imidazole rings is 1. The average Bonchev–Trinajstić information content (AvgIpc) is 3.26. The van der Waals surface area contributed by atoms with Gasteiger partial charge < -0.3 is 5.32 Å². The Morgan fingerprint density at radius 3 is 2.31 bits per heavy atom. The summed E-state index contributed by atoms with van der Waals surface area (Å²) >= 11 is 0. The van der Waals surface area contributed by atoms with Crippen molar-refractivity contribution in [2.45, 2.75) is 13.8 Å². The number of aromatic nitrogens is 4. The van der Waals surface area contributed by atoms with Crippen LogP contribution in [0.3, 0.4) is 0 Å². The summed E-state index contributed by atoms with van der Waals surface area (Å²) in [4.78, 5) is 14.2. The van der Waals surface area contributed by atoms with Crippen LogP contribution in [0.2, 0.25) is 0 Å². The highest BCUT2D eigenvalue weighted by Crippen LogP contribution is 2.32. The number of hydrogen-bond acceptors (Lipinski definition) is 6. The van der Waals surface area contributed by atoms with Crippen LogP contribution in [0.15, 0.2) is 79.0 Å². The summed E-state index contributed by atoms with van der Waals surface area (Å²) in [5.74, 6) is 1.19. The van der Waals surface area contributed by atoms with Gasteiger partial charge in [-0.25, -0.2) is 9.97 Å². The normalized spacial score (nSPS) is 10.9. The number of benzene rings is 3. The number of anilines is 2. The van der Waals surface area contributed by atoms with Gasteiger partial charge in [-0.1, -0.05) is 30.3 Å². The summed E-state index contributed by atoms with van der Waals surface area (Å²) < 4.78 is 2.07. The standard InChI is InChI=1S/C29H21N7/c1-19-15-22(7-6-14-30)16-20(2)26(19)36-27(23-8-4-3-5-9-23)34-25-18-32-29(35-28(25)36)33-24-12-10-21(17-31)11-13-24/h3-13,15-16,18H,1-2H3,(H,32,33,35)/b7-6+. The molecule has 0 saturated heterocycles. The third-order valence-electron chi connectivity index (χ3n) is 5.79. The van der Waals surface area contributed by atoms with Gasteiger partial charge in [-0.3, -0.25) is 4.57 Å². The Kier molecular flexibility index (Phi) is 5.96. The highest BCUT2D eigenvalue weighted by atomic mass is 15.2. The van der Waals surface area contributed by atoms with E-state index < -0.39 is 0 Å². The zero-order valence-electron chi connectivity index (χ0n) is 19.8. The summed E-state index contributed by atoms with van der Waals surface area (Å²) in [7, 11) is 0. The van der Waals surface area contributed by atoms with E-state index in [0.29, 0.717) is 22.7 Å². The van der Waals surface area contributed by atoms with E-state index in [1.807, 2.05) is 74.5 Å². The van der Waals surface area contributed by atoms with E-state index in [-0.39, 0.29) is 0 Å². The van der Waals surface area contributed by atoms with E-state index in [1.165, 1.54) is 6.08 Å². The van der Waals surface area contributed by atoms with Gasteiger partial charge in [0, 0.05) is 17.3 Å². The minimum Gasteiger partial charge on any atom is -0.324 e. The van der Waals surface area contributed by atoms with E-state index >= 15 is 0 Å². The minimum absolute atomic E-state index is 0.428. The maximum atomic E-state index is 9.05. The molecule has 2 heterocycles. The van der Waals surface area contributed by atoms with E-state index in [4.69, 9.17) is 20.5 Å². The number of allylic oxidation sites excluding steroid dienone is 1. The molecule has 0 unspecified atom stereocenters. The van der Waals surface area contributed by atoms with Gasteiger partial charge in [0.05, 0.1) is 29.6 Å². The van der Waals surface area contributed by atoms with Gasteiger partial charge in [0.15, 0.2) is 5.65 Å². The first-order valence-electron chi connectivity index (χ1n) is 11.3. The predicted molar refractivity (Wildman–Crippen MR) is 141 cm³/mol. The fraction of sp³-hybridized carbons (Fsp3) is 0.0690. The molecule has 5 aromatic rings. The molecule has 0 atom stereocenters. The fourth-order valence-electron chi connectivity index (χ4n) is 4.26. The second kappa shape index (κ2) is 9.54. The second-order valence-electron chi connectivity index (χ2n) is 8.32. The van der Waals surface area contributed by atoms with Crippen LogP contribution in [-0.4, -0.2) is 19.5 Å². The highest BCUT2D eigenvalue weighted by molar-refractivity contribution is 5.82. The van der Waals surface area contributed by atoms with Crippen LogP contribution >= 0.6 is 0 Å². The first-order chi connectivity index (χ1) is 17.6. The fourth-order valence-corrected chi connectivity index (χ4v) is 4.26. The molecule has 1 N–H and O–H groups in total. The van der Waals surface area contributed by atoms with Crippen molar-refractivity contribution in [1.29, 1.82) is 10.5 Å². The molecule has 0 spiro atoms. The van der Waals surface area contributed by atoms with Crippen molar-refractivity contribution in [3.63, 3.8) is 0 Å². The molecule has 172 valence electrons. The molecule has 0 aliphatic rings. The number of nitrogens with zero attached hydrogens (tertiary/aromatic N) is 6. The van der Waals surface area contributed by atoms with Gasteiger partial charge in [0.2, 0.25) is 5.95 Å². The van der Waals surface area contributed by atoms with Gasteiger partial charge in [0.1, 0.15) is 11.3 Å². The van der Waals surface area contributed by atoms with Gasteiger partial charge >= 0.3 is 0 Å². The molecule has 0 aliphatic carbocycles. The molecule has 36 heavy (non-hydrogen) atoms. The van der Waals surface area contributed by atoms with Crippen LogP contribution < -0.4 is 5.32 Å². The largest absolute Gasteiger partial charge is 0.324 e. The van der Waals surface area contributed by atoms with Crippen LogP contribution in [0.25, 0.3) is 34.3 Å². The summed E-state index contributed by atoms with van der Waals surface area (Å²) in [5.41, 5.74) is 7.67. The molecule has 0 radical (unpaired) electrons. The summed E-state index contributed by atoms with van der Waals surface area (Å²) in [6, 6.07) is 25.4. The maximum Gasteiger partial charge on any atom is 0.229 e. The lowest BCUT2D eigenvalue weighted by molar-refractivity contribution is 1.04. The SMILES string of the molecule is Cc1cc(/C=C/C#N)cc(C)c1-n1c(-c2ccccc2)nc2cnc(Nc3ccc(C#N)cc3)nc21. The third-order valence-corrected chi connectivity index (χ3v) is 5.79. The molecule has 2 aromatic heterocycles. The molecule has 5 rings (SSSR count). The van der Waals surface area contributed by atoms with E-state index in [9.17, 15) is 0 Å². The molecule has 7 heteroatoms. The van der Waals surface area contributed by atoms with Crippen molar-refractivity contribution < 1.29 is 0 Å². The van der Waals surface area contributed by atoms with Crippen molar-refractivity contribution in [3.05, 3.63) is 101 Å². The molecule has 0 amide bonds. The van der Waals surface area contributed by atoms with Crippen LogP contribution in [0.4, 0.5) is 11.6 Å². The lowest BCUT2D eigenvalue weighted by atomic mass is 10.0. The molecule has 0 saturated carbocycles. The first-order valence-corrected chi connectivity index (χ1v) is 11.3.